The van der Waals surface area contributed by atoms with Gasteiger partial charge in [0.25, 0.3) is 5.56 Å². The first-order valence-electron chi connectivity index (χ1n) is 12.1. The van der Waals surface area contributed by atoms with Gasteiger partial charge in [-0.05, 0) is 48.9 Å². The largest absolute Gasteiger partial charge is 0.495 e. The fourth-order valence-corrected chi connectivity index (χ4v) is 4.96. The zero-order chi connectivity index (χ0) is 27.7. The van der Waals surface area contributed by atoms with E-state index in [0.717, 1.165) is 5.69 Å². The Bertz CT molecular complexity index is 1570. The van der Waals surface area contributed by atoms with E-state index in [2.05, 4.69) is 20.6 Å². The number of carboxylic acids is 1. The molecule has 0 unspecified atom stereocenters. The molecule has 5 rings (SSSR count). The minimum atomic E-state index is -0.977. The third kappa shape index (κ3) is 5.34. The lowest BCUT2D eigenvalue weighted by Gasteiger charge is -2.28. The van der Waals surface area contributed by atoms with Gasteiger partial charge in [0.15, 0.2) is 5.15 Å². The van der Waals surface area contributed by atoms with Crippen molar-refractivity contribution in [3.63, 3.8) is 0 Å². The van der Waals surface area contributed by atoms with Crippen LogP contribution >= 0.6 is 23.2 Å². The number of pyridine rings is 1. The van der Waals surface area contributed by atoms with Crippen LogP contribution in [0.2, 0.25) is 10.2 Å². The summed E-state index contributed by atoms with van der Waals surface area (Å²) in [6, 6.07) is 13.4. The number of benzene rings is 2. The Hall–Kier alpha value is -3.90. The molecule has 4 aromatic rings. The summed E-state index contributed by atoms with van der Waals surface area (Å²) in [5.74, 6) is -0.494. The van der Waals surface area contributed by atoms with Crippen molar-refractivity contribution in [3.8, 4) is 22.6 Å². The topological polar surface area (TPSA) is 118 Å². The van der Waals surface area contributed by atoms with Crippen LogP contribution in [0.1, 0.15) is 29.9 Å². The lowest BCUT2D eigenvalue weighted by Crippen LogP contribution is -2.37. The van der Waals surface area contributed by atoms with E-state index in [-0.39, 0.29) is 22.4 Å². The Morgan fingerprint density at radius 3 is 2.54 bits per heavy atom. The standard InChI is InChI=1S/C26H25Cl2N7O4/c1-3-24(32-14-29-35(15-32)18-7-4-16(5-8-18)26(37)38)33-12-22(39-2)20(11-25(33)36)19-10-17(27)6-9-21(19)34-13-23(28)30-31-34/h4-13,24,29H,3,14-15H2,1-2H3,(H,37,38)/t24-/m1/s1. The lowest BCUT2D eigenvalue weighted by atomic mass is 10.0. The van der Waals surface area contributed by atoms with Gasteiger partial charge in [0.1, 0.15) is 5.75 Å². The number of aromatic nitrogens is 4. The second-order valence-electron chi connectivity index (χ2n) is 8.86. The number of rotatable bonds is 8. The minimum Gasteiger partial charge on any atom is -0.495 e. The van der Waals surface area contributed by atoms with Crippen molar-refractivity contribution in [1.29, 1.82) is 0 Å². The normalized spacial score (nSPS) is 14.5. The molecule has 2 aromatic heterocycles. The van der Waals surface area contributed by atoms with E-state index in [9.17, 15) is 9.59 Å². The number of halogens is 2. The molecule has 3 heterocycles. The molecule has 1 atom stereocenters. The van der Waals surface area contributed by atoms with Gasteiger partial charge in [-0.3, -0.25) is 14.4 Å². The summed E-state index contributed by atoms with van der Waals surface area (Å²) in [4.78, 5) is 26.8. The number of ether oxygens (including phenoxy) is 1. The molecule has 202 valence electrons. The van der Waals surface area contributed by atoms with E-state index in [1.54, 1.807) is 66.5 Å². The molecule has 0 amide bonds. The van der Waals surface area contributed by atoms with Crippen molar-refractivity contribution in [3.05, 3.63) is 87.0 Å². The molecule has 11 nitrogen and oxygen atoms in total. The summed E-state index contributed by atoms with van der Waals surface area (Å²) < 4.78 is 8.91. The summed E-state index contributed by atoms with van der Waals surface area (Å²) >= 11 is 12.3. The van der Waals surface area contributed by atoms with E-state index >= 15 is 0 Å². The predicted octanol–water partition coefficient (Wildman–Crippen LogP) is 4.26. The van der Waals surface area contributed by atoms with Crippen molar-refractivity contribution < 1.29 is 14.6 Å². The molecule has 2 aromatic carbocycles. The maximum atomic E-state index is 13.5. The molecular weight excluding hydrogens is 545 g/mol. The highest BCUT2D eigenvalue weighted by Crippen LogP contribution is 2.36. The molecule has 1 saturated heterocycles. The van der Waals surface area contributed by atoms with Gasteiger partial charge < -0.3 is 9.84 Å². The average molecular weight is 570 g/mol. The smallest absolute Gasteiger partial charge is 0.335 e. The molecule has 0 saturated carbocycles. The number of hydrazine groups is 1. The Morgan fingerprint density at radius 1 is 1.13 bits per heavy atom. The van der Waals surface area contributed by atoms with Crippen LogP contribution in [0.25, 0.3) is 16.8 Å². The minimum absolute atomic E-state index is 0.217. The van der Waals surface area contributed by atoms with Gasteiger partial charge in [0.2, 0.25) is 0 Å². The van der Waals surface area contributed by atoms with Crippen molar-refractivity contribution >= 4 is 34.9 Å². The summed E-state index contributed by atoms with van der Waals surface area (Å²) in [7, 11) is 1.55. The predicted molar refractivity (Wildman–Crippen MR) is 148 cm³/mol. The van der Waals surface area contributed by atoms with Gasteiger partial charge in [0, 0.05) is 22.2 Å². The van der Waals surface area contributed by atoms with E-state index in [1.165, 1.54) is 10.7 Å². The Balaban J connectivity index is 1.47. The summed E-state index contributed by atoms with van der Waals surface area (Å²) in [5, 5.41) is 19.7. The third-order valence-electron chi connectivity index (χ3n) is 6.55. The van der Waals surface area contributed by atoms with E-state index < -0.39 is 5.97 Å². The number of anilines is 1. The van der Waals surface area contributed by atoms with Crippen LogP contribution in [0.15, 0.2) is 65.7 Å². The van der Waals surface area contributed by atoms with E-state index in [0.29, 0.717) is 47.3 Å². The zero-order valence-electron chi connectivity index (χ0n) is 21.1. The molecule has 13 heteroatoms. The lowest BCUT2D eigenvalue weighted by molar-refractivity contribution is 0.0697. The zero-order valence-corrected chi connectivity index (χ0v) is 22.6. The number of hydrogen-bond acceptors (Lipinski definition) is 8. The molecule has 1 aliphatic heterocycles. The van der Waals surface area contributed by atoms with Crippen LogP contribution in [0.5, 0.6) is 5.75 Å². The molecule has 0 bridgehead atoms. The SMILES string of the molecule is CC[C@H](N1CNN(c2ccc(C(=O)O)cc2)C1)n1cc(OC)c(-c2cc(Cl)ccc2-n2cc(Cl)nn2)cc1=O. The average Bonchev–Trinajstić information content (AvgIpc) is 3.59. The summed E-state index contributed by atoms with van der Waals surface area (Å²) in [6.07, 6.45) is 3.64. The quantitative estimate of drug-likeness (QED) is 0.321. The van der Waals surface area contributed by atoms with Gasteiger partial charge in [-0.15, -0.1) is 5.10 Å². The fourth-order valence-electron chi connectivity index (χ4n) is 4.66. The van der Waals surface area contributed by atoms with Gasteiger partial charge in [0.05, 0.1) is 55.9 Å². The summed E-state index contributed by atoms with van der Waals surface area (Å²) in [5.41, 5.74) is 5.94. The highest BCUT2D eigenvalue weighted by Gasteiger charge is 2.28. The second-order valence-corrected chi connectivity index (χ2v) is 9.69. The number of carbonyl (C=O) groups is 1. The van der Waals surface area contributed by atoms with Crippen LogP contribution in [0, 0.1) is 0 Å². The molecular formula is C26H25Cl2N7O4. The maximum Gasteiger partial charge on any atom is 0.335 e. The Kier molecular flexibility index (Phi) is 7.58. The van der Waals surface area contributed by atoms with Crippen molar-refractivity contribution in [2.45, 2.75) is 19.5 Å². The Labute approximate surface area is 233 Å². The molecule has 1 fully saturated rings. The second kappa shape index (κ2) is 11.1. The number of carboxylic acid groups (broad SMARTS) is 1. The molecule has 0 radical (unpaired) electrons. The maximum absolute atomic E-state index is 13.5. The van der Waals surface area contributed by atoms with Gasteiger partial charge in [-0.25, -0.2) is 19.8 Å². The van der Waals surface area contributed by atoms with Crippen LogP contribution < -0.4 is 20.7 Å². The van der Waals surface area contributed by atoms with Crippen molar-refractivity contribution in [1.82, 2.24) is 29.9 Å². The molecule has 0 spiro atoms. The van der Waals surface area contributed by atoms with Crippen molar-refractivity contribution in [2.75, 3.05) is 25.5 Å². The van der Waals surface area contributed by atoms with E-state index in [4.69, 9.17) is 33.0 Å². The Morgan fingerprint density at radius 2 is 1.90 bits per heavy atom. The molecule has 0 aliphatic carbocycles. The molecule has 1 aliphatic rings. The number of nitrogens with one attached hydrogen (secondary N) is 1. The van der Waals surface area contributed by atoms with Gasteiger partial charge >= 0.3 is 5.97 Å². The number of nitrogens with zero attached hydrogens (tertiary/aromatic N) is 6. The number of aromatic carboxylic acids is 1. The highest BCUT2D eigenvalue weighted by atomic mass is 35.5. The van der Waals surface area contributed by atoms with Crippen LogP contribution in [-0.2, 0) is 0 Å². The van der Waals surface area contributed by atoms with Crippen molar-refractivity contribution in [2.24, 2.45) is 0 Å². The third-order valence-corrected chi connectivity index (χ3v) is 6.95. The first-order valence-corrected chi connectivity index (χ1v) is 12.8. The van der Waals surface area contributed by atoms with Crippen LogP contribution in [-0.4, -0.2) is 56.0 Å². The molecule has 2 N–H and O–H groups in total. The fraction of sp³-hybridized carbons (Fsp3) is 0.231. The van der Waals surface area contributed by atoms with Gasteiger partial charge in [-0.2, -0.15) is 0 Å². The first-order chi connectivity index (χ1) is 18.8. The highest BCUT2D eigenvalue weighted by molar-refractivity contribution is 6.31. The summed E-state index contributed by atoms with van der Waals surface area (Å²) in [6.45, 7) is 2.97. The number of methoxy groups -OCH3 is 1. The van der Waals surface area contributed by atoms with Crippen LogP contribution in [0.3, 0.4) is 0 Å². The monoisotopic (exact) mass is 569 g/mol. The van der Waals surface area contributed by atoms with Gasteiger partial charge in [-0.1, -0.05) is 35.3 Å². The van der Waals surface area contributed by atoms with E-state index in [1.807, 2.05) is 11.9 Å². The van der Waals surface area contributed by atoms with Crippen LogP contribution in [0.4, 0.5) is 5.69 Å². The molecule has 39 heavy (non-hydrogen) atoms. The number of hydrogen-bond donors (Lipinski definition) is 2. The first kappa shape index (κ1) is 26.7.